The van der Waals surface area contributed by atoms with E-state index < -0.39 is 5.97 Å². The zero-order chi connectivity index (χ0) is 17.8. The van der Waals surface area contributed by atoms with Crippen molar-refractivity contribution in [2.75, 3.05) is 13.7 Å². The maximum atomic E-state index is 11.0. The Morgan fingerprint density at radius 2 is 1.92 bits per heavy atom. The first-order valence-electron chi connectivity index (χ1n) is 8.10. The molecule has 128 valence electrons. The van der Waals surface area contributed by atoms with Gasteiger partial charge in [-0.1, -0.05) is 13.0 Å². The van der Waals surface area contributed by atoms with Crippen molar-refractivity contribution in [3.63, 3.8) is 0 Å². The topological polar surface area (TPSA) is 73.6 Å². The molecular weight excluding hydrogens is 318 g/mol. The maximum Gasteiger partial charge on any atom is 0.369 e. The van der Waals surface area contributed by atoms with Crippen molar-refractivity contribution in [2.45, 2.75) is 13.3 Å². The Bertz CT molecular complexity index is 971. The van der Waals surface area contributed by atoms with E-state index in [2.05, 4.69) is 11.9 Å². The first-order chi connectivity index (χ1) is 12.1. The fraction of sp³-hybridized carbons (Fsp3) is 0.200. The Balaban J connectivity index is 2.20. The number of fused-ring (bicyclic) bond motifs is 1. The van der Waals surface area contributed by atoms with Crippen LogP contribution in [-0.4, -0.2) is 24.7 Å². The van der Waals surface area contributed by atoms with Gasteiger partial charge in [0.1, 0.15) is 17.1 Å². The van der Waals surface area contributed by atoms with Crippen molar-refractivity contribution < 1.29 is 24.0 Å². The van der Waals surface area contributed by atoms with Gasteiger partial charge >= 0.3 is 5.97 Å². The molecule has 0 bridgehead atoms. The first-order valence-corrected chi connectivity index (χ1v) is 8.10. The summed E-state index contributed by atoms with van der Waals surface area (Å²) in [5.74, 6) is 0.514. The largest absolute Gasteiger partial charge is 0.497 e. The van der Waals surface area contributed by atoms with Gasteiger partial charge < -0.3 is 14.3 Å². The van der Waals surface area contributed by atoms with E-state index in [-0.39, 0.29) is 6.54 Å². The number of methoxy groups -OCH3 is 1. The van der Waals surface area contributed by atoms with Crippen LogP contribution >= 0.6 is 0 Å². The van der Waals surface area contributed by atoms with E-state index in [0.29, 0.717) is 11.3 Å². The van der Waals surface area contributed by atoms with Crippen LogP contribution in [0.1, 0.15) is 12.5 Å². The molecule has 0 radical (unpaired) electrons. The van der Waals surface area contributed by atoms with Crippen LogP contribution in [0.4, 0.5) is 0 Å². The molecule has 0 aliphatic heterocycles. The van der Waals surface area contributed by atoms with Crippen molar-refractivity contribution in [3.05, 3.63) is 59.5 Å². The number of aryl methyl sites for hydroxylation is 1. The SMILES string of the molecule is CCc1ccc2oc(-c3ccc(OC)cc3)cc(=[NH+]CC(=O)O)c2c1. The van der Waals surface area contributed by atoms with Gasteiger partial charge in [0.05, 0.1) is 18.6 Å². The molecule has 0 saturated carbocycles. The number of aliphatic carboxylic acids is 1. The van der Waals surface area contributed by atoms with Gasteiger partial charge in [-0.15, -0.1) is 0 Å². The predicted molar refractivity (Wildman–Crippen MR) is 94.2 cm³/mol. The lowest BCUT2D eigenvalue weighted by molar-refractivity contribution is -0.488. The fourth-order valence-electron chi connectivity index (χ4n) is 2.67. The molecule has 25 heavy (non-hydrogen) atoms. The summed E-state index contributed by atoms with van der Waals surface area (Å²) in [6.45, 7) is 1.92. The van der Waals surface area contributed by atoms with Gasteiger partial charge in [0.25, 0.3) is 0 Å². The highest BCUT2D eigenvalue weighted by Crippen LogP contribution is 2.24. The van der Waals surface area contributed by atoms with E-state index in [1.54, 1.807) is 7.11 Å². The summed E-state index contributed by atoms with van der Waals surface area (Å²) in [6, 6.07) is 15.3. The molecule has 1 aromatic heterocycles. The van der Waals surface area contributed by atoms with Crippen molar-refractivity contribution in [1.82, 2.24) is 0 Å². The molecule has 0 unspecified atom stereocenters. The van der Waals surface area contributed by atoms with E-state index in [4.69, 9.17) is 14.3 Å². The second kappa shape index (κ2) is 7.21. The maximum absolute atomic E-state index is 11.0. The van der Waals surface area contributed by atoms with Crippen LogP contribution in [0.2, 0.25) is 0 Å². The summed E-state index contributed by atoms with van der Waals surface area (Å²) in [6.07, 6.45) is 0.897. The Morgan fingerprint density at radius 3 is 2.56 bits per heavy atom. The van der Waals surface area contributed by atoms with Crippen LogP contribution < -0.4 is 15.1 Å². The molecule has 5 heteroatoms. The van der Waals surface area contributed by atoms with Crippen LogP contribution in [-0.2, 0) is 11.2 Å². The number of ether oxygens (including phenoxy) is 1. The Kier molecular flexibility index (Phi) is 4.84. The van der Waals surface area contributed by atoms with Gasteiger partial charge in [0.15, 0.2) is 0 Å². The predicted octanol–water partition coefficient (Wildman–Crippen LogP) is 1.74. The normalized spacial score (nSPS) is 11.7. The molecule has 0 fully saturated rings. The molecule has 0 saturated heterocycles. The Labute approximate surface area is 145 Å². The van der Waals surface area contributed by atoms with Gasteiger partial charge in [-0.2, -0.15) is 0 Å². The standard InChI is InChI=1S/C20H19NO4/c1-3-13-4-9-18-16(10-13)17(21-12-20(22)23)11-19(25-18)14-5-7-15(24-2)8-6-14/h4-11H,3,12H2,1-2H3,(H,22,23)/p+1. The molecule has 3 aromatic rings. The van der Waals surface area contributed by atoms with Crippen LogP contribution in [0.25, 0.3) is 22.3 Å². The van der Waals surface area contributed by atoms with E-state index in [9.17, 15) is 4.79 Å². The number of carboxylic acids is 1. The molecule has 3 rings (SSSR count). The third-order valence-electron chi connectivity index (χ3n) is 4.04. The number of nitrogens with one attached hydrogen (secondary N) is 1. The highest BCUT2D eigenvalue weighted by atomic mass is 16.5. The number of carboxylic acid groups (broad SMARTS) is 1. The second-order valence-corrected chi connectivity index (χ2v) is 5.68. The molecular formula is C20H20NO4+. The molecule has 0 aliphatic carbocycles. The average Bonchev–Trinajstić information content (AvgIpc) is 2.65. The molecule has 5 nitrogen and oxygen atoms in total. The molecule has 0 atom stereocenters. The van der Waals surface area contributed by atoms with Crippen molar-refractivity contribution >= 4 is 16.9 Å². The number of rotatable bonds is 5. The van der Waals surface area contributed by atoms with Crippen LogP contribution in [0.3, 0.4) is 0 Å². The fourth-order valence-corrected chi connectivity index (χ4v) is 2.67. The highest BCUT2D eigenvalue weighted by molar-refractivity contribution is 5.79. The number of carbonyl (C=O) groups is 1. The lowest BCUT2D eigenvalue weighted by atomic mass is 10.1. The van der Waals surface area contributed by atoms with Gasteiger partial charge in [0, 0.05) is 5.56 Å². The zero-order valence-electron chi connectivity index (χ0n) is 14.2. The molecule has 1 heterocycles. The third kappa shape index (κ3) is 3.71. The minimum Gasteiger partial charge on any atom is -0.497 e. The molecule has 2 N–H and O–H groups in total. The van der Waals surface area contributed by atoms with E-state index in [1.807, 2.05) is 48.5 Å². The minimum absolute atomic E-state index is 0.155. The molecule has 0 amide bonds. The summed E-state index contributed by atoms with van der Waals surface area (Å²) in [5.41, 5.74) is 2.76. The second-order valence-electron chi connectivity index (χ2n) is 5.68. The monoisotopic (exact) mass is 338 g/mol. The zero-order valence-corrected chi connectivity index (χ0v) is 14.2. The number of hydrogen-bond acceptors (Lipinski definition) is 3. The third-order valence-corrected chi connectivity index (χ3v) is 4.04. The summed E-state index contributed by atoms with van der Waals surface area (Å²) in [7, 11) is 1.62. The van der Waals surface area contributed by atoms with E-state index >= 15 is 0 Å². The van der Waals surface area contributed by atoms with Gasteiger partial charge in [0.2, 0.25) is 11.9 Å². The summed E-state index contributed by atoms with van der Waals surface area (Å²) >= 11 is 0. The number of hydrogen-bond donors (Lipinski definition) is 2. The number of benzene rings is 2. The Hall–Kier alpha value is -3.08. The Morgan fingerprint density at radius 1 is 1.16 bits per heavy atom. The lowest BCUT2D eigenvalue weighted by Gasteiger charge is -2.05. The van der Waals surface area contributed by atoms with Gasteiger partial charge in [-0.25, -0.2) is 9.79 Å². The van der Waals surface area contributed by atoms with Crippen LogP contribution in [0.5, 0.6) is 5.75 Å². The van der Waals surface area contributed by atoms with Crippen molar-refractivity contribution in [2.24, 2.45) is 0 Å². The van der Waals surface area contributed by atoms with Crippen LogP contribution in [0, 0.1) is 0 Å². The molecule has 0 aliphatic rings. The van der Waals surface area contributed by atoms with Crippen molar-refractivity contribution in [3.8, 4) is 17.1 Å². The first kappa shape index (κ1) is 16.8. The minimum atomic E-state index is -0.911. The molecule has 2 aromatic carbocycles. The molecule has 0 spiro atoms. The summed E-state index contributed by atoms with van der Waals surface area (Å²) in [4.78, 5) is 13.9. The van der Waals surface area contributed by atoms with Gasteiger partial charge in [-0.3, -0.25) is 0 Å². The van der Waals surface area contributed by atoms with Gasteiger partial charge in [-0.05, 0) is 48.4 Å². The van der Waals surface area contributed by atoms with Crippen molar-refractivity contribution in [1.29, 1.82) is 0 Å². The lowest BCUT2D eigenvalue weighted by Crippen LogP contribution is -2.78. The van der Waals surface area contributed by atoms with Crippen LogP contribution in [0.15, 0.2) is 52.9 Å². The quantitative estimate of drug-likeness (QED) is 0.743. The van der Waals surface area contributed by atoms with E-state index in [1.165, 1.54) is 5.56 Å². The van der Waals surface area contributed by atoms with E-state index in [0.717, 1.165) is 28.5 Å². The summed E-state index contributed by atoms with van der Waals surface area (Å²) < 4.78 is 11.2. The highest BCUT2D eigenvalue weighted by Gasteiger charge is 2.11. The summed E-state index contributed by atoms with van der Waals surface area (Å²) in [5, 5.41) is 10.6. The smallest absolute Gasteiger partial charge is 0.369 e. The average molecular weight is 338 g/mol.